The molecular formula is C19H25N3O4. The molecule has 26 heavy (non-hydrogen) atoms. The first-order valence-corrected chi connectivity index (χ1v) is 8.40. The van der Waals surface area contributed by atoms with E-state index in [1.165, 1.54) is 13.8 Å². The van der Waals surface area contributed by atoms with E-state index in [0.29, 0.717) is 5.56 Å². The van der Waals surface area contributed by atoms with Gasteiger partial charge in [0.05, 0.1) is 6.07 Å². The van der Waals surface area contributed by atoms with Crippen molar-refractivity contribution < 1.29 is 19.1 Å². The minimum absolute atomic E-state index is 0.122. The smallest absolute Gasteiger partial charge is 0.329 e. The summed E-state index contributed by atoms with van der Waals surface area (Å²) in [4.78, 5) is 36.4. The first kappa shape index (κ1) is 21.2. The van der Waals surface area contributed by atoms with Gasteiger partial charge in [0.1, 0.15) is 11.6 Å². The van der Waals surface area contributed by atoms with E-state index >= 15 is 0 Å². The SMILES string of the molecule is CC(NC(=O)c1ccccc1)C(=O)OC(C)C(=O)NC(C)(C#N)C(C)C. The van der Waals surface area contributed by atoms with Crippen LogP contribution in [-0.2, 0) is 14.3 Å². The third-order valence-electron chi connectivity index (χ3n) is 4.17. The van der Waals surface area contributed by atoms with E-state index in [-0.39, 0.29) is 5.92 Å². The summed E-state index contributed by atoms with van der Waals surface area (Å²) in [6, 6.07) is 9.58. The molecule has 140 valence electrons. The van der Waals surface area contributed by atoms with Crippen LogP contribution in [0, 0.1) is 17.2 Å². The number of benzene rings is 1. The molecule has 3 atom stereocenters. The molecule has 0 aliphatic heterocycles. The van der Waals surface area contributed by atoms with Gasteiger partial charge in [0.2, 0.25) is 0 Å². The first-order chi connectivity index (χ1) is 12.1. The second-order valence-electron chi connectivity index (χ2n) is 6.60. The minimum atomic E-state index is -1.09. The fourth-order valence-corrected chi connectivity index (χ4v) is 1.92. The van der Waals surface area contributed by atoms with Crippen molar-refractivity contribution in [1.29, 1.82) is 5.26 Å². The molecule has 2 amide bonds. The average molecular weight is 359 g/mol. The number of nitrogens with one attached hydrogen (secondary N) is 2. The van der Waals surface area contributed by atoms with E-state index in [2.05, 4.69) is 16.7 Å². The van der Waals surface area contributed by atoms with Crippen LogP contribution in [0.2, 0.25) is 0 Å². The normalized spacial score (nSPS) is 15.1. The number of nitrogens with zero attached hydrogens (tertiary/aromatic N) is 1. The molecule has 2 N–H and O–H groups in total. The highest BCUT2D eigenvalue weighted by atomic mass is 16.5. The van der Waals surface area contributed by atoms with Crippen molar-refractivity contribution in [2.75, 3.05) is 0 Å². The van der Waals surface area contributed by atoms with Crippen LogP contribution in [0.4, 0.5) is 0 Å². The van der Waals surface area contributed by atoms with Crippen LogP contribution in [0.5, 0.6) is 0 Å². The molecule has 7 nitrogen and oxygen atoms in total. The summed E-state index contributed by atoms with van der Waals surface area (Å²) in [5, 5.41) is 14.4. The van der Waals surface area contributed by atoms with Gasteiger partial charge in [0.15, 0.2) is 6.10 Å². The van der Waals surface area contributed by atoms with Gasteiger partial charge in [-0.25, -0.2) is 4.79 Å². The van der Waals surface area contributed by atoms with Crippen LogP contribution >= 0.6 is 0 Å². The Morgan fingerprint density at radius 3 is 2.19 bits per heavy atom. The zero-order chi connectivity index (χ0) is 19.9. The zero-order valence-corrected chi connectivity index (χ0v) is 15.7. The third kappa shape index (κ3) is 5.59. The number of ether oxygens (including phenoxy) is 1. The highest BCUT2D eigenvalue weighted by Crippen LogP contribution is 2.15. The van der Waals surface area contributed by atoms with Crippen LogP contribution in [-0.4, -0.2) is 35.5 Å². The van der Waals surface area contributed by atoms with E-state index in [1.54, 1.807) is 51.1 Å². The Kier molecular flexibility index (Phi) is 7.32. The Morgan fingerprint density at radius 1 is 1.12 bits per heavy atom. The number of nitriles is 1. The minimum Gasteiger partial charge on any atom is -0.451 e. The molecule has 0 aromatic heterocycles. The van der Waals surface area contributed by atoms with E-state index in [1.807, 2.05) is 0 Å². The number of hydrogen-bond acceptors (Lipinski definition) is 5. The predicted octanol–water partition coefficient (Wildman–Crippen LogP) is 1.79. The number of esters is 1. The summed E-state index contributed by atoms with van der Waals surface area (Å²) in [6.07, 6.45) is -1.09. The molecule has 0 aliphatic carbocycles. The zero-order valence-electron chi connectivity index (χ0n) is 15.7. The lowest BCUT2D eigenvalue weighted by molar-refractivity contribution is -0.156. The van der Waals surface area contributed by atoms with Gasteiger partial charge < -0.3 is 15.4 Å². The molecule has 0 heterocycles. The van der Waals surface area contributed by atoms with Crippen molar-refractivity contribution in [3.05, 3.63) is 35.9 Å². The Bertz CT molecular complexity index is 696. The molecule has 7 heteroatoms. The van der Waals surface area contributed by atoms with E-state index in [0.717, 1.165) is 0 Å². The van der Waals surface area contributed by atoms with Gasteiger partial charge in [0.25, 0.3) is 11.8 Å². The highest BCUT2D eigenvalue weighted by molar-refractivity contribution is 5.97. The fourth-order valence-electron chi connectivity index (χ4n) is 1.92. The van der Waals surface area contributed by atoms with Crippen molar-refractivity contribution in [3.8, 4) is 6.07 Å². The Hall–Kier alpha value is -2.88. The maximum Gasteiger partial charge on any atom is 0.329 e. The van der Waals surface area contributed by atoms with Crippen LogP contribution in [0.25, 0.3) is 0 Å². The second kappa shape index (κ2) is 8.99. The molecule has 0 saturated heterocycles. The quantitative estimate of drug-likeness (QED) is 0.722. The summed E-state index contributed by atoms with van der Waals surface area (Å²) in [5.74, 6) is -1.84. The molecule has 1 aromatic carbocycles. The topological polar surface area (TPSA) is 108 Å². The van der Waals surface area contributed by atoms with E-state index in [4.69, 9.17) is 4.74 Å². The number of rotatable bonds is 7. The highest BCUT2D eigenvalue weighted by Gasteiger charge is 2.33. The lowest BCUT2D eigenvalue weighted by atomic mass is 9.90. The van der Waals surface area contributed by atoms with E-state index in [9.17, 15) is 19.6 Å². The first-order valence-electron chi connectivity index (χ1n) is 8.40. The maximum atomic E-state index is 12.2. The summed E-state index contributed by atoms with van der Waals surface area (Å²) in [7, 11) is 0. The molecule has 0 aliphatic rings. The average Bonchev–Trinajstić information content (AvgIpc) is 2.61. The van der Waals surface area contributed by atoms with Gasteiger partial charge in [-0.3, -0.25) is 9.59 Å². The lowest BCUT2D eigenvalue weighted by Crippen LogP contribution is -2.53. The lowest BCUT2D eigenvalue weighted by Gasteiger charge is -2.28. The standard InChI is InChI=1S/C19H25N3O4/c1-12(2)19(5,11-20)22-16(23)14(4)26-18(25)13(3)21-17(24)15-9-7-6-8-10-15/h6-10,12-14H,1-5H3,(H,21,24)(H,22,23). The summed E-state index contributed by atoms with van der Waals surface area (Å²) in [6.45, 7) is 8.11. The van der Waals surface area contributed by atoms with Crippen molar-refractivity contribution in [2.24, 2.45) is 5.92 Å². The molecule has 0 radical (unpaired) electrons. The fraction of sp³-hybridized carbons (Fsp3) is 0.474. The molecule has 0 spiro atoms. The van der Waals surface area contributed by atoms with Crippen LogP contribution in [0.15, 0.2) is 30.3 Å². The van der Waals surface area contributed by atoms with Gasteiger partial charge in [0, 0.05) is 5.56 Å². The number of hydrogen-bond donors (Lipinski definition) is 2. The largest absolute Gasteiger partial charge is 0.451 e. The number of carbonyl (C=O) groups excluding carboxylic acids is 3. The van der Waals surface area contributed by atoms with Crippen LogP contribution in [0.3, 0.4) is 0 Å². The molecule has 1 aromatic rings. The van der Waals surface area contributed by atoms with E-state index < -0.39 is 35.5 Å². The summed E-state index contributed by atoms with van der Waals surface area (Å²) >= 11 is 0. The van der Waals surface area contributed by atoms with Gasteiger partial charge in [-0.2, -0.15) is 5.26 Å². The molecule has 1 rings (SSSR count). The summed E-state index contributed by atoms with van der Waals surface area (Å²) < 4.78 is 5.11. The second-order valence-corrected chi connectivity index (χ2v) is 6.60. The van der Waals surface area contributed by atoms with Gasteiger partial charge >= 0.3 is 5.97 Å². The molecule has 0 bridgehead atoms. The molecular weight excluding hydrogens is 334 g/mol. The Morgan fingerprint density at radius 2 is 1.69 bits per heavy atom. The Labute approximate surface area is 153 Å². The van der Waals surface area contributed by atoms with Crippen LogP contribution in [0.1, 0.15) is 45.0 Å². The van der Waals surface area contributed by atoms with Gasteiger partial charge in [-0.15, -0.1) is 0 Å². The van der Waals surface area contributed by atoms with Crippen molar-refractivity contribution in [3.63, 3.8) is 0 Å². The van der Waals surface area contributed by atoms with Crippen molar-refractivity contribution >= 4 is 17.8 Å². The maximum absolute atomic E-state index is 12.2. The molecule has 0 saturated carbocycles. The third-order valence-corrected chi connectivity index (χ3v) is 4.17. The Balaban J connectivity index is 2.61. The van der Waals surface area contributed by atoms with Gasteiger partial charge in [-0.1, -0.05) is 32.0 Å². The van der Waals surface area contributed by atoms with Crippen LogP contribution < -0.4 is 10.6 Å². The van der Waals surface area contributed by atoms with Gasteiger partial charge in [-0.05, 0) is 38.8 Å². The van der Waals surface area contributed by atoms with Crippen molar-refractivity contribution in [2.45, 2.75) is 52.3 Å². The number of amides is 2. The summed E-state index contributed by atoms with van der Waals surface area (Å²) in [5.41, 5.74) is -0.648. The number of carbonyl (C=O) groups is 3. The monoisotopic (exact) mass is 359 g/mol. The predicted molar refractivity (Wildman–Crippen MR) is 95.9 cm³/mol. The van der Waals surface area contributed by atoms with Crippen molar-refractivity contribution in [1.82, 2.24) is 10.6 Å². The molecule has 3 unspecified atom stereocenters. The molecule has 0 fully saturated rings.